The molecule has 2 saturated heterocycles. The SMILES string of the molecule is CC1(C)OCC2(CO1)CN(C(=O)Cc1ccccc1)C2. The Morgan fingerprint density at radius 2 is 1.75 bits per heavy atom. The number of hydrogen-bond donors (Lipinski definition) is 0. The zero-order chi connectivity index (χ0) is 14.2. The summed E-state index contributed by atoms with van der Waals surface area (Å²) in [7, 11) is 0. The van der Waals surface area contributed by atoms with Crippen LogP contribution in [-0.2, 0) is 20.7 Å². The first-order chi connectivity index (χ1) is 9.48. The number of benzene rings is 1. The first-order valence-corrected chi connectivity index (χ1v) is 7.08. The second kappa shape index (κ2) is 4.86. The van der Waals surface area contributed by atoms with Crippen LogP contribution >= 0.6 is 0 Å². The van der Waals surface area contributed by atoms with Crippen LogP contribution in [-0.4, -0.2) is 42.9 Å². The van der Waals surface area contributed by atoms with E-state index in [0.717, 1.165) is 18.7 Å². The molecule has 0 saturated carbocycles. The number of carbonyl (C=O) groups excluding carboxylic acids is 1. The molecule has 1 aromatic rings. The van der Waals surface area contributed by atoms with Gasteiger partial charge in [-0.2, -0.15) is 0 Å². The third-order valence-corrected chi connectivity index (χ3v) is 4.06. The topological polar surface area (TPSA) is 38.8 Å². The van der Waals surface area contributed by atoms with Crippen LogP contribution in [0.2, 0.25) is 0 Å². The molecule has 2 fully saturated rings. The zero-order valence-electron chi connectivity index (χ0n) is 12.1. The quantitative estimate of drug-likeness (QED) is 0.826. The fraction of sp³-hybridized carbons (Fsp3) is 0.562. The fourth-order valence-electron chi connectivity index (χ4n) is 2.74. The number of nitrogens with zero attached hydrogens (tertiary/aromatic N) is 1. The molecule has 1 spiro atoms. The average molecular weight is 275 g/mol. The van der Waals surface area contributed by atoms with Gasteiger partial charge >= 0.3 is 0 Å². The maximum absolute atomic E-state index is 12.2. The molecule has 0 unspecified atom stereocenters. The highest BCUT2D eigenvalue weighted by Gasteiger charge is 2.49. The molecular weight excluding hydrogens is 254 g/mol. The summed E-state index contributed by atoms with van der Waals surface area (Å²) in [5.41, 5.74) is 1.08. The molecule has 0 N–H and O–H groups in total. The Labute approximate surface area is 119 Å². The van der Waals surface area contributed by atoms with Gasteiger partial charge in [0.25, 0.3) is 0 Å². The van der Waals surface area contributed by atoms with Gasteiger partial charge in [-0.15, -0.1) is 0 Å². The van der Waals surface area contributed by atoms with Crippen LogP contribution in [0.25, 0.3) is 0 Å². The fourth-order valence-corrected chi connectivity index (χ4v) is 2.74. The third kappa shape index (κ3) is 2.72. The lowest BCUT2D eigenvalue weighted by molar-refractivity contribution is -0.302. The van der Waals surface area contributed by atoms with Crippen LogP contribution in [0.5, 0.6) is 0 Å². The Kier molecular flexibility index (Phi) is 3.30. The molecule has 0 aromatic heterocycles. The van der Waals surface area contributed by atoms with E-state index in [1.54, 1.807) is 0 Å². The van der Waals surface area contributed by atoms with E-state index in [2.05, 4.69) is 0 Å². The maximum atomic E-state index is 12.2. The minimum absolute atomic E-state index is 0.0157. The van der Waals surface area contributed by atoms with Gasteiger partial charge in [0.15, 0.2) is 5.79 Å². The highest BCUT2D eigenvalue weighted by molar-refractivity contribution is 5.79. The van der Waals surface area contributed by atoms with Gasteiger partial charge < -0.3 is 14.4 Å². The first kappa shape index (κ1) is 13.6. The second-order valence-corrected chi connectivity index (χ2v) is 6.39. The van der Waals surface area contributed by atoms with Gasteiger partial charge in [0.05, 0.1) is 25.0 Å². The van der Waals surface area contributed by atoms with Crippen molar-refractivity contribution in [3.63, 3.8) is 0 Å². The summed E-state index contributed by atoms with van der Waals surface area (Å²) in [5, 5.41) is 0. The van der Waals surface area contributed by atoms with E-state index in [9.17, 15) is 4.79 Å². The van der Waals surface area contributed by atoms with E-state index in [4.69, 9.17) is 9.47 Å². The molecule has 0 radical (unpaired) electrons. The average Bonchev–Trinajstić information content (AvgIpc) is 2.38. The van der Waals surface area contributed by atoms with Crippen LogP contribution < -0.4 is 0 Å². The molecular formula is C16H21NO3. The van der Waals surface area contributed by atoms with Crippen molar-refractivity contribution in [1.29, 1.82) is 0 Å². The molecule has 2 heterocycles. The van der Waals surface area contributed by atoms with Gasteiger partial charge in [-0.25, -0.2) is 0 Å². The number of likely N-dealkylation sites (tertiary alicyclic amines) is 1. The van der Waals surface area contributed by atoms with Gasteiger partial charge in [-0.3, -0.25) is 4.79 Å². The van der Waals surface area contributed by atoms with E-state index in [0.29, 0.717) is 19.6 Å². The molecule has 3 rings (SSSR count). The standard InChI is InChI=1S/C16H21NO3/c1-15(2)19-11-16(12-20-15)9-17(10-16)14(18)8-13-6-4-3-5-7-13/h3-7H,8-12H2,1-2H3. The van der Waals surface area contributed by atoms with E-state index in [1.807, 2.05) is 49.1 Å². The summed E-state index contributed by atoms with van der Waals surface area (Å²) in [6.07, 6.45) is 0.476. The molecule has 0 aliphatic carbocycles. The van der Waals surface area contributed by atoms with Crippen molar-refractivity contribution < 1.29 is 14.3 Å². The predicted octanol–water partition coefficient (Wildman–Crippen LogP) is 1.84. The molecule has 108 valence electrons. The minimum atomic E-state index is -0.486. The maximum Gasteiger partial charge on any atom is 0.227 e. The highest BCUT2D eigenvalue weighted by atomic mass is 16.7. The number of ether oxygens (including phenoxy) is 2. The lowest BCUT2D eigenvalue weighted by Gasteiger charge is -2.54. The molecule has 1 aromatic carbocycles. The van der Waals surface area contributed by atoms with Gasteiger partial charge in [0.2, 0.25) is 5.91 Å². The van der Waals surface area contributed by atoms with E-state index < -0.39 is 5.79 Å². The lowest BCUT2D eigenvalue weighted by atomic mass is 9.80. The Hall–Kier alpha value is -1.39. The molecule has 2 aliphatic rings. The summed E-state index contributed by atoms with van der Waals surface area (Å²) in [6, 6.07) is 9.87. The third-order valence-electron chi connectivity index (χ3n) is 4.06. The van der Waals surface area contributed by atoms with Crippen molar-refractivity contribution >= 4 is 5.91 Å². The predicted molar refractivity (Wildman–Crippen MR) is 75.1 cm³/mol. The normalized spacial score (nSPS) is 23.4. The van der Waals surface area contributed by atoms with Crippen molar-refractivity contribution in [2.24, 2.45) is 5.41 Å². The van der Waals surface area contributed by atoms with Gasteiger partial charge in [-0.1, -0.05) is 30.3 Å². The molecule has 1 amide bonds. The Balaban J connectivity index is 1.52. The molecule has 4 nitrogen and oxygen atoms in total. The van der Waals surface area contributed by atoms with Crippen LogP contribution in [0, 0.1) is 5.41 Å². The minimum Gasteiger partial charge on any atom is -0.350 e. The molecule has 2 aliphatic heterocycles. The molecule has 0 bridgehead atoms. The van der Waals surface area contributed by atoms with Gasteiger partial charge in [-0.05, 0) is 19.4 Å². The van der Waals surface area contributed by atoms with Crippen molar-refractivity contribution in [3.8, 4) is 0 Å². The van der Waals surface area contributed by atoms with E-state index >= 15 is 0 Å². The smallest absolute Gasteiger partial charge is 0.227 e. The van der Waals surface area contributed by atoms with Crippen LogP contribution in [0.15, 0.2) is 30.3 Å². The highest BCUT2D eigenvalue weighted by Crippen LogP contribution is 2.37. The number of rotatable bonds is 2. The van der Waals surface area contributed by atoms with Crippen LogP contribution in [0.3, 0.4) is 0 Å². The van der Waals surface area contributed by atoms with Crippen molar-refractivity contribution in [2.75, 3.05) is 26.3 Å². The number of carbonyl (C=O) groups is 1. The number of hydrogen-bond acceptors (Lipinski definition) is 3. The summed E-state index contributed by atoms with van der Waals surface area (Å²) in [4.78, 5) is 14.1. The summed E-state index contributed by atoms with van der Waals surface area (Å²) in [6.45, 7) is 6.70. The van der Waals surface area contributed by atoms with Crippen LogP contribution in [0.1, 0.15) is 19.4 Å². The Morgan fingerprint density at radius 1 is 1.15 bits per heavy atom. The Bertz CT molecular complexity index is 480. The lowest BCUT2D eigenvalue weighted by Crippen LogP contribution is -2.66. The second-order valence-electron chi connectivity index (χ2n) is 6.39. The van der Waals surface area contributed by atoms with E-state index in [-0.39, 0.29) is 11.3 Å². The zero-order valence-corrected chi connectivity index (χ0v) is 12.1. The van der Waals surface area contributed by atoms with Crippen molar-refractivity contribution in [2.45, 2.75) is 26.1 Å². The monoisotopic (exact) mass is 275 g/mol. The summed E-state index contributed by atoms with van der Waals surface area (Å²) in [5.74, 6) is -0.300. The van der Waals surface area contributed by atoms with Gasteiger partial charge in [0, 0.05) is 13.1 Å². The van der Waals surface area contributed by atoms with Crippen LogP contribution in [0.4, 0.5) is 0 Å². The summed E-state index contributed by atoms with van der Waals surface area (Å²) >= 11 is 0. The summed E-state index contributed by atoms with van der Waals surface area (Å²) < 4.78 is 11.4. The number of amides is 1. The van der Waals surface area contributed by atoms with Crippen molar-refractivity contribution in [3.05, 3.63) is 35.9 Å². The van der Waals surface area contributed by atoms with Gasteiger partial charge in [0.1, 0.15) is 0 Å². The van der Waals surface area contributed by atoms with E-state index in [1.165, 1.54) is 0 Å². The first-order valence-electron chi connectivity index (χ1n) is 7.08. The largest absolute Gasteiger partial charge is 0.350 e. The van der Waals surface area contributed by atoms with Crippen molar-refractivity contribution in [1.82, 2.24) is 4.90 Å². The Morgan fingerprint density at radius 3 is 2.35 bits per heavy atom. The molecule has 20 heavy (non-hydrogen) atoms. The molecule has 0 atom stereocenters. The molecule has 4 heteroatoms.